The van der Waals surface area contributed by atoms with Crippen molar-refractivity contribution in [3.63, 3.8) is 0 Å². The van der Waals surface area contributed by atoms with E-state index in [0.29, 0.717) is 0 Å². The minimum absolute atomic E-state index is 0.213. The Labute approximate surface area is 127 Å². The predicted molar refractivity (Wildman–Crippen MR) is 85.5 cm³/mol. The summed E-state index contributed by atoms with van der Waals surface area (Å²) in [6.07, 6.45) is 1.90. The molecule has 0 bridgehead atoms. The first-order valence-corrected chi connectivity index (χ1v) is 7.91. The Balaban J connectivity index is 1.92. The monoisotopic (exact) mass is 305 g/mol. The average molecular weight is 306 g/mol. The number of aromatic nitrogens is 2. The molecule has 1 N–H and O–H groups in total. The van der Waals surface area contributed by atoms with E-state index in [-0.39, 0.29) is 6.04 Å². The molecule has 0 aliphatic carbocycles. The van der Waals surface area contributed by atoms with Gasteiger partial charge in [-0.05, 0) is 30.1 Å². The molecular weight excluding hydrogens is 290 g/mol. The molecule has 2 aromatic heterocycles. The molecule has 0 spiro atoms. The minimum atomic E-state index is 0.213. The molecule has 0 aliphatic heterocycles. The van der Waals surface area contributed by atoms with Crippen molar-refractivity contribution in [1.82, 2.24) is 14.9 Å². The van der Waals surface area contributed by atoms with Crippen molar-refractivity contribution in [2.75, 3.05) is 6.54 Å². The second-order valence-electron chi connectivity index (χ2n) is 4.63. The average Bonchev–Trinajstić information content (AvgIpc) is 3.05. The van der Waals surface area contributed by atoms with E-state index in [4.69, 9.17) is 11.6 Å². The Kier molecular flexibility index (Phi) is 4.05. The van der Waals surface area contributed by atoms with Gasteiger partial charge in [0.1, 0.15) is 0 Å². The zero-order valence-electron chi connectivity index (χ0n) is 11.2. The van der Waals surface area contributed by atoms with Crippen molar-refractivity contribution in [2.24, 2.45) is 0 Å². The quantitative estimate of drug-likeness (QED) is 0.769. The highest BCUT2D eigenvalue weighted by molar-refractivity contribution is 7.10. The lowest BCUT2D eigenvalue weighted by Crippen LogP contribution is -2.24. The summed E-state index contributed by atoms with van der Waals surface area (Å²) in [6, 6.07) is 10.4. The molecule has 1 aromatic carbocycles. The van der Waals surface area contributed by atoms with Gasteiger partial charge in [0.15, 0.2) is 0 Å². The second-order valence-corrected chi connectivity index (χ2v) is 5.98. The third-order valence-electron chi connectivity index (χ3n) is 3.32. The molecule has 0 saturated heterocycles. The van der Waals surface area contributed by atoms with Crippen molar-refractivity contribution in [3.05, 3.63) is 51.9 Å². The topological polar surface area (TPSA) is 29.9 Å². The molecule has 0 saturated carbocycles. The summed E-state index contributed by atoms with van der Waals surface area (Å²) in [5.74, 6) is 0. The first-order chi connectivity index (χ1) is 9.79. The van der Waals surface area contributed by atoms with Gasteiger partial charge in [0.25, 0.3) is 0 Å². The van der Waals surface area contributed by atoms with Gasteiger partial charge in [0, 0.05) is 11.4 Å². The summed E-state index contributed by atoms with van der Waals surface area (Å²) in [5, 5.41) is 6.38. The van der Waals surface area contributed by atoms with Gasteiger partial charge in [-0.1, -0.05) is 30.7 Å². The minimum Gasteiger partial charge on any atom is -0.329 e. The van der Waals surface area contributed by atoms with Gasteiger partial charge in [-0.3, -0.25) is 0 Å². The third-order valence-corrected chi connectivity index (χ3v) is 4.79. The SMILES string of the molecule is CCNC(Cn1cnc2ccccc21)c1sccc1Cl. The van der Waals surface area contributed by atoms with E-state index in [1.807, 2.05) is 36.0 Å². The zero-order valence-corrected chi connectivity index (χ0v) is 12.8. The number of thiophene rings is 1. The van der Waals surface area contributed by atoms with Crippen molar-refractivity contribution in [1.29, 1.82) is 0 Å². The van der Waals surface area contributed by atoms with Crippen LogP contribution in [0.25, 0.3) is 11.0 Å². The molecule has 1 atom stereocenters. The molecule has 104 valence electrons. The Morgan fingerprint density at radius 1 is 1.35 bits per heavy atom. The number of imidazole rings is 1. The molecule has 2 heterocycles. The number of benzene rings is 1. The fraction of sp³-hybridized carbons (Fsp3) is 0.267. The van der Waals surface area contributed by atoms with Gasteiger partial charge in [0.05, 0.1) is 28.4 Å². The summed E-state index contributed by atoms with van der Waals surface area (Å²) in [6.45, 7) is 3.85. The summed E-state index contributed by atoms with van der Waals surface area (Å²) in [7, 11) is 0. The number of halogens is 1. The highest BCUT2D eigenvalue weighted by Gasteiger charge is 2.16. The van der Waals surface area contributed by atoms with Crippen LogP contribution in [0.4, 0.5) is 0 Å². The molecule has 0 amide bonds. The van der Waals surface area contributed by atoms with Crippen LogP contribution in [0.15, 0.2) is 42.0 Å². The predicted octanol–water partition coefficient (Wildman–Crippen LogP) is 4.10. The molecule has 0 fully saturated rings. The molecule has 3 nitrogen and oxygen atoms in total. The van der Waals surface area contributed by atoms with Gasteiger partial charge in [-0.2, -0.15) is 0 Å². The Bertz CT molecular complexity index is 704. The lowest BCUT2D eigenvalue weighted by molar-refractivity contribution is 0.488. The number of nitrogens with zero attached hydrogens (tertiary/aromatic N) is 2. The Morgan fingerprint density at radius 2 is 2.20 bits per heavy atom. The first kappa shape index (κ1) is 13.6. The summed E-state index contributed by atoms with van der Waals surface area (Å²) in [4.78, 5) is 5.63. The van der Waals surface area contributed by atoms with E-state index in [9.17, 15) is 0 Å². The van der Waals surface area contributed by atoms with Crippen molar-refractivity contribution < 1.29 is 0 Å². The Hall–Kier alpha value is -1.36. The van der Waals surface area contributed by atoms with E-state index in [1.54, 1.807) is 11.3 Å². The van der Waals surface area contributed by atoms with Crippen LogP contribution in [0.1, 0.15) is 17.8 Å². The highest BCUT2D eigenvalue weighted by atomic mass is 35.5. The highest BCUT2D eigenvalue weighted by Crippen LogP contribution is 2.30. The van der Waals surface area contributed by atoms with Gasteiger partial charge in [0.2, 0.25) is 0 Å². The molecular formula is C15H16ClN3S. The van der Waals surface area contributed by atoms with Crippen LogP contribution in [-0.2, 0) is 6.54 Å². The van der Waals surface area contributed by atoms with Gasteiger partial charge in [-0.15, -0.1) is 11.3 Å². The van der Waals surface area contributed by atoms with Crippen LogP contribution < -0.4 is 5.32 Å². The van der Waals surface area contributed by atoms with E-state index < -0.39 is 0 Å². The zero-order chi connectivity index (χ0) is 13.9. The molecule has 1 unspecified atom stereocenters. The fourth-order valence-corrected chi connectivity index (χ4v) is 3.65. The fourth-order valence-electron chi connectivity index (χ4n) is 2.39. The van der Waals surface area contributed by atoms with E-state index in [0.717, 1.165) is 29.1 Å². The lowest BCUT2D eigenvalue weighted by atomic mass is 10.2. The number of rotatable bonds is 5. The number of likely N-dealkylation sites (N-methyl/N-ethyl adjacent to an activating group) is 1. The molecule has 20 heavy (non-hydrogen) atoms. The smallest absolute Gasteiger partial charge is 0.0958 e. The van der Waals surface area contributed by atoms with Crippen molar-refractivity contribution >= 4 is 34.0 Å². The summed E-state index contributed by atoms with van der Waals surface area (Å²) < 4.78 is 2.18. The van der Waals surface area contributed by atoms with Crippen molar-refractivity contribution in [2.45, 2.75) is 19.5 Å². The maximum absolute atomic E-state index is 6.27. The van der Waals surface area contributed by atoms with Crippen LogP contribution in [-0.4, -0.2) is 16.1 Å². The number of hydrogen-bond acceptors (Lipinski definition) is 3. The second kappa shape index (κ2) is 5.95. The van der Waals surface area contributed by atoms with Gasteiger partial charge in [-0.25, -0.2) is 4.98 Å². The molecule has 5 heteroatoms. The largest absolute Gasteiger partial charge is 0.329 e. The van der Waals surface area contributed by atoms with Crippen LogP contribution >= 0.6 is 22.9 Å². The van der Waals surface area contributed by atoms with E-state index in [1.165, 1.54) is 4.88 Å². The van der Waals surface area contributed by atoms with Crippen LogP contribution in [0.3, 0.4) is 0 Å². The van der Waals surface area contributed by atoms with Crippen LogP contribution in [0, 0.1) is 0 Å². The van der Waals surface area contributed by atoms with Gasteiger partial charge < -0.3 is 9.88 Å². The maximum atomic E-state index is 6.27. The molecule has 0 aliphatic rings. The third kappa shape index (κ3) is 2.59. The van der Waals surface area contributed by atoms with Crippen LogP contribution in [0.2, 0.25) is 5.02 Å². The normalized spacial score (nSPS) is 12.9. The number of nitrogens with one attached hydrogen (secondary N) is 1. The summed E-state index contributed by atoms with van der Waals surface area (Å²) >= 11 is 7.97. The van der Waals surface area contributed by atoms with E-state index >= 15 is 0 Å². The van der Waals surface area contributed by atoms with Gasteiger partial charge >= 0.3 is 0 Å². The van der Waals surface area contributed by atoms with E-state index in [2.05, 4.69) is 27.9 Å². The number of hydrogen-bond donors (Lipinski definition) is 1. The number of fused-ring (bicyclic) bond motifs is 1. The summed E-state index contributed by atoms with van der Waals surface area (Å²) in [5.41, 5.74) is 2.18. The number of para-hydroxylation sites is 2. The standard InChI is InChI=1S/C15H16ClN3S/c1-2-17-13(15-11(16)7-8-20-15)9-19-10-18-12-5-3-4-6-14(12)19/h3-8,10,13,17H,2,9H2,1H3. The van der Waals surface area contributed by atoms with Crippen LogP contribution in [0.5, 0.6) is 0 Å². The Morgan fingerprint density at radius 3 is 2.95 bits per heavy atom. The first-order valence-electron chi connectivity index (χ1n) is 6.65. The maximum Gasteiger partial charge on any atom is 0.0958 e. The lowest BCUT2D eigenvalue weighted by Gasteiger charge is -2.18. The molecule has 3 rings (SSSR count). The van der Waals surface area contributed by atoms with Crippen molar-refractivity contribution in [3.8, 4) is 0 Å². The molecule has 3 aromatic rings. The molecule has 0 radical (unpaired) electrons.